The first-order valence-electron chi connectivity index (χ1n) is 21.9. The number of hydrogen-bond acceptors (Lipinski definition) is 29. The van der Waals surface area contributed by atoms with Gasteiger partial charge in [0.1, 0.15) is 37.5 Å². The molecule has 86 heavy (non-hydrogen) atoms. The summed E-state index contributed by atoms with van der Waals surface area (Å²) in [6, 6.07) is 9.28. The van der Waals surface area contributed by atoms with Gasteiger partial charge >= 0.3 is 10.4 Å². The third-order valence-corrected chi connectivity index (χ3v) is 18.1. The number of carbonyl (C=O) groups is 1. The number of rotatable bonds is 23. The molecule has 0 aliphatic heterocycles. The number of azo groups is 2. The SMILES string of the molecule is O=C(CS(=O)OCCCl)Nc1ccc(N=Nc2c(S(=O)(=O)O)cc3cc(S(=O)(=O)O)cc(Nc4nc(Cl)nc(Nc5cc(S(=O)(=O)O)cc6cc(S(=O)(=O)O)c(N=Nc7ccc(S(=O)(=O)COS(=O)(=O)O)cc7)c(O)c56)n4)c3c2O)c(S(=O)(=O)O)c1. The first kappa shape index (κ1) is 66.3. The standard InChI is InChI=1S/C40H32Cl2N10O26S8/c41-7-8-77-79(56)16-31(53)43-21-3-6-25(28(13-21)83(65,66)67)50-52-35-30(85(71,72)73)12-19-10-24(82(62,63)64)15-27(33(19)37(35)55)45-40-47-38(42)46-39(48-40)44-26-14-23(81(59,60)61)9-18-11-29(84(68,69)70)34(36(54)32(18)26)51-49-20-1-4-22(5-2-20)80(57,58)17-78-86(74,75)76/h1-6,9-15,54-55H,7-8,16-17H2,(H,43,53)(H,59,60,61)(H,62,63,64)(H,65,66,67)(H,68,69,70)(H,71,72,73)(H,74,75,76)(H2,44,45,46,47,48). The van der Waals surface area contributed by atoms with Gasteiger partial charge in [-0.3, -0.25) is 36.3 Å². The summed E-state index contributed by atoms with van der Waals surface area (Å²) < 4.78 is 253. The van der Waals surface area contributed by atoms with Gasteiger partial charge in [-0.15, -0.1) is 26.9 Å². The summed E-state index contributed by atoms with van der Waals surface area (Å²) in [5.74, 6) is -7.60. The number of halogens is 2. The van der Waals surface area contributed by atoms with Crippen LogP contribution >= 0.6 is 23.2 Å². The summed E-state index contributed by atoms with van der Waals surface area (Å²) in [5, 5.41) is 41.6. The van der Waals surface area contributed by atoms with Crippen molar-refractivity contribution in [1.29, 1.82) is 0 Å². The van der Waals surface area contributed by atoms with Gasteiger partial charge in [0.25, 0.3) is 50.6 Å². The predicted octanol–water partition coefficient (Wildman–Crippen LogP) is 5.20. The maximum absolute atomic E-state index is 12.8. The molecule has 7 rings (SSSR count). The third-order valence-electron chi connectivity index (χ3n) is 10.6. The lowest BCUT2D eigenvalue weighted by molar-refractivity contribution is -0.113. The number of nitrogens with one attached hydrogen (secondary N) is 3. The molecule has 1 atom stereocenters. The average molecular weight is 1400 g/mol. The second-order valence-electron chi connectivity index (χ2n) is 16.5. The zero-order chi connectivity index (χ0) is 63.9. The Balaban J connectivity index is 1.34. The van der Waals surface area contributed by atoms with E-state index in [1.54, 1.807) is 0 Å². The van der Waals surface area contributed by atoms with Crippen molar-refractivity contribution in [3.63, 3.8) is 0 Å². The largest absolute Gasteiger partial charge is 0.505 e. The molecule has 1 unspecified atom stereocenters. The van der Waals surface area contributed by atoms with Crippen molar-refractivity contribution in [3.05, 3.63) is 84.1 Å². The number of phenolic OH excluding ortho intramolecular Hbond substituents is 2. The quantitative estimate of drug-likeness (QED) is 0.0223. The molecular formula is C40H32Cl2N10O26S8. The molecule has 0 saturated heterocycles. The molecule has 11 N–H and O–H groups in total. The number of sulfone groups is 1. The van der Waals surface area contributed by atoms with Gasteiger partial charge in [0, 0.05) is 22.3 Å². The summed E-state index contributed by atoms with van der Waals surface area (Å²) >= 11 is 9.51. The lowest BCUT2D eigenvalue weighted by Gasteiger charge is -2.16. The molecule has 7 aromatic rings. The van der Waals surface area contributed by atoms with E-state index in [0.717, 1.165) is 36.4 Å². The van der Waals surface area contributed by atoms with Crippen LogP contribution in [0.3, 0.4) is 0 Å². The number of aromatic nitrogens is 3. The number of aromatic hydroxyl groups is 2. The van der Waals surface area contributed by atoms with Gasteiger partial charge < -0.3 is 26.2 Å². The van der Waals surface area contributed by atoms with E-state index in [9.17, 15) is 101 Å². The number of hydrogen-bond donors (Lipinski definition) is 11. The number of benzene rings is 6. The molecule has 6 aromatic carbocycles. The summed E-state index contributed by atoms with van der Waals surface area (Å²) in [7, 11) is -36.8. The molecule has 0 bridgehead atoms. The van der Waals surface area contributed by atoms with Crippen molar-refractivity contribution in [1.82, 2.24) is 15.0 Å². The fourth-order valence-corrected chi connectivity index (χ4v) is 12.9. The second-order valence-corrected chi connectivity index (χ2v) is 28.4. The molecule has 36 nitrogen and oxygen atoms in total. The molecule has 0 aliphatic rings. The molecule has 0 radical (unpaired) electrons. The summed E-state index contributed by atoms with van der Waals surface area (Å²) in [6.45, 7) is -0.197. The molecular weight excluding hydrogens is 1360 g/mol. The van der Waals surface area contributed by atoms with Crippen LogP contribution < -0.4 is 16.0 Å². The highest BCUT2D eigenvalue weighted by molar-refractivity contribution is 7.92. The van der Waals surface area contributed by atoms with Crippen LogP contribution in [0.15, 0.2) is 129 Å². The van der Waals surface area contributed by atoms with Crippen LogP contribution in [0.1, 0.15) is 0 Å². The molecule has 0 fully saturated rings. The zero-order valence-electron chi connectivity index (χ0n) is 41.4. The third kappa shape index (κ3) is 16.2. The van der Waals surface area contributed by atoms with E-state index in [0.29, 0.717) is 42.5 Å². The molecule has 0 saturated carbocycles. The van der Waals surface area contributed by atoms with Gasteiger partial charge in [0.2, 0.25) is 32.9 Å². The Bertz CT molecular complexity index is 4910. The fraction of sp³-hybridized carbons (Fsp3) is 0.100. The van der Waals surface area contributed by atoms with Gasteiger partial charge in [-0.1, -0.05) is 0 Å². The van der Waals surface area contributed by atoms with E-state index in [2.05, 4.69) is 55.5 Å². The normalized spacial score (nSPS) is 13.4. The van der Waals surface area contributed by atoms with E-state index in [-0.39, 0.29) is 23.9 Å². The predicted molar refractivity (Wildman–Crippen MR) is 296 cm³/mol. The number of alkyl halides is 1. The molecule has 1 aromatic heterocycles. The van der Waals surface area contributed by atoms with Gasteiger partial charge in [-0.25, -0.2) is 16.8 Å². The molecule has 1 heterocycles. The number of anilines is 5. The van der Waals surface area contributed by atoms with E-state index >= 15 is 0 Å². The van der Waals surface area contributed by atoms with E-state index in [4.69, 9.17) is 31.9 Å². The van der Waals surface area contributed by atoms with Gasteiger partial charge in [-0.2, -0.15) is 70.6 Å². The average Bonchev–Trinajstić information content (AvgIpc) is 0.835. The van der Waals surface area contributed by atoms with Crippen LogP contribution in [0.25, 0.3) is 21.5 Å². The molecule has 0 aliphatic carbocycles. The van der Waals surface area contributed by atoms with Crippen molar-refractivity contribution < 1.29 is 114 Å². The first-order chi connectivity index (χ1) is 39.6. The number of carbonyl (C=O) groups excluding carboxylic acids is 1. The van der Waals surface area contributed by atoms with Crippen molar-refractivity contribution in [2.24, 2.45) is 20.5 Å². The molecule has 1 amide bonds. The Morgan fingerprint density at radius 2 is 1.05 bits per heavy atom. The van der Waals surface area contributed by atoms with Crippen LogP contribution in [0.5, 0.6) is 11.5 Å². The highest BCUT2D eigenvalue weighted by Crippen LogP contribution is 2.48. The van der Waals surface area contributed by atoms with Crippen molar-refractivity contribution in [2.75, 3.05) is 40.1 Å². The van der Waals surface area contributed by atoms with Crippen LogP contribution in [0.4, 0.5) is 51.7 Å². The minimum Gasteiger partial charge on any atom is -0.505 e. The van der Waals surface area contributed by atoms with Gasteiger partial charge in [-0.05, 0) is 101 Å². The second kappa shape index (κ2) is 24.9. The van der Waals surface area contributed by atoms with Crippen molar-refractivity contribution in [3.8, 4) is 11.5 Å². The molecule has 46 heteroatoms. The number of amides is 1. The smallest absolute Gasteiger partial charge is 0.398 e. The summed E-state index contributed by atoms with van der Waals surface area (Å²) in [5.41, 5.74) is -5.27. The van der Waals surface area contributed by atoms with Crippen molar-refractivity contribution in [2.45, 2.75) is 29.4 Å². The van der Waals surface area contributed by atoms with Crippen LogP contribution in [0, 0.1) is 0 Å². The van der Waals surface area contributed by atoms with E-state index in [1.165, 1.54) is 0 Å². The number of nitrogens with zero attached hydrogens (tertiary/aromatic N) is 7. The number of phenols is 2. The lowest BCUT2D eigenvalue weighted by atomic mass is 10.1. The minimum absolute atomic E-state index is 0.0716. The van der Waals surface area contributed by atoms with Crippen molar-refractivity contribution >= 4 is 184 Å². The Hall–Kier alpha value is -7.22. The summed E-state index contributed by atoms with van der Waals surface area (Å²) in [6.07, 6.45) is 0. The van der Waals surface area contributed by atoms with E-state index in [1.807, 2.05) is 0 Å². The van der Waals surface area contributed by atoms with Crippen LogP contribution in [-0.4, -0.2) is 146 Å². The lowest BCUT2D eigenvalue weighted by Crippen LogP contribution is -2.21. The highest BCUT2D eigenvalue weighted by atomic mass is 35.5. The van der Waals surface area contributed by atoms with E-state index < -0.39 is 208 Å². The maximum atomic E-state index is 12.8. The minimum atomic E-state index is -5.59. The zero-order valence-corrected chi connectivity index (χ0v) is 49.5. The Kier molecular flexibility index (Phi) is 19.2. The topological polar surface area (TPSA) is 578 Å². The number of fused-ring (bicyclic) bond motifs is 2. The van der Waals surface area contributed by atoms with Crippen LogP contribution in [0.2, 0.25) is 5.28 Å². The monoisotopic (exact) mass is 1390 g/mol. The molecule has 0 spiro atoms. The Morgan fingerprint density at radius 3 is 1.49 bits per heavy atom. The maximum Gasteiger partial charge on any atom is 0.398 e. The van der Waals surface area contributed by atoms with Gasteiger partial charge in [0.05, 0.1) is 38.4 Å². The fourth-order valence-electron chi connectivity index (χ4n) is 7.18. The van der Waals surface area contributed by atoms with Crippen LogP contribution in [-0.2, 0) is 95.1 Å². The summed E-state index contributed by atoms with van der Waals surface area (Å²) in [4.78, 5) is 17.7. The Labute approximate surface area is 495 Å². The molecule has 460 valence electrons. The first-order valence-corrected chi connectivity index (χ1v) is 34.3. The highest BCUT2D eigenvalue weighted by Gasteiger charge is 2.29. The Morgan fingerprint density at radius 1 is 0.570 bits per heavy atom. The van der Waals surface area contributed by atoms with Gasteiger partial charge in [0.15, 0.2) is 28.5 Å².